The summed E-state index contributed by atoms with van der Waals surface area (Å²) >= 11 is 0. The molecule has 5 nitrogen and oxygen atoms in total. The van der Waals surface area contributed by atoms with E-state index in [0.717, 1.165) is 18.1 Å². The summed E-state index contributed by atoms with van der Waals surface area (Å²) in [4.78, 5) is 2.29. The van der Waals surface area contributed by atoms with Gasteiger partial charge in [0.1, 0.15) is 11.7 Å². The summed E-state index contributed by atoms with van der Waals surface area (Å²) in [5.41, 5.74) is -4.29. The Morgan fingerprint density at radius 1 is 1.27 bits per heavy atom. The Balaban J connectivity index is 0.00000228. The van der Waals surface area contributed by atoms with Gasteiger partial charge >= 0.3 is 6.18 Å². The Hall–Kier alpha value is -1.48. The second kappa shape index (κ2) is 6.59. The van der Waals surface area contributed by atoms with E-state index < -0.39 is 40.2 Å². The molecule has 1 aromatic carbocycles. The first-order valence-electron chi connectivity index (χ1n) is 11.3. The normalized spacial score (nSPS) is 42.1. The molecule has 182 valence electrons. The van der Waals surface area contributed by atoms with E-state index >= 15 is 0 Å². The van der Waals surface area contributed by atoms with Crippen molar-refractivity contribution in [1.29, 1.82) is 0 Å². The van der Waals surface area contributed by atoms with Crippen molar-refractivity contribution in [1.82, 2.24) is 4.90 Å². The summed E-state index contributed by atoms with van der Waals surface area (Å²) in [5.74, 6) is -1.16. The number of aliphatic hydroxyl groups is 2. The number of benzene rings is 1. The molecule has 0 radical (unpaired) electrons. The SMILES string of the molecule is C=CCN1CC[C@]23c4c5ccc(O)c4O[C@H]2[C@@]2(O)CC[C@@]3(C[C@@H]2[C@@](C)(O)C(F)(F)F)[C@H]1C5.Cl. The number of hydrogen-bond acceptors (Lipinski definition) is 5. The maximum absolute atomic E-state index is 14.0. The number of hydrogen-bond donors (Lipinski definition) is 3. The van der Waals surface area contributed by atoms with E-state index in [1.54, 1.807) is 6.07 Å². The van der Waals surface area contributed by atoms with Gasteiger partial charge in [-0.2, -0.15) is 13.2 Å². The van der Waals surface area contributed by atoms with Gasteiger partial charge in [0, 0.05) is 34.9 Å². The van der Waals surface area contributed by atoms with Crippen LogP contribution in [0.4, 0.5) is 13.2 Å². The maximum Gasteiger partial charge on any atom is 0.417 e. The van der Waals surface area contributed by atoms with Crippen molar-refractivity contribution in [3.05, 3.63) is 35.9 Å². The molecular weight excluding hydrogens is 459 g/mol. The molecule has 2 heterocycles. The predicted octanol–water partition coefficient (Wildman–Crippen LogP) is 3.47. The first-order chi connectivity index (χ1) is 14.9. The van der Waals surface area contributed by atoms with Crippen LogP contribution in [0.25, 0.3) is 0 Å². The van der Waals surface area contributed by atoms with Crippen molar-refractivity contribution in [2.75, 3.05) is 13.1 Å². The minimum absolute atomic E-state index is 0. The lowest BCUT2D eigenvalue weighted by atomic mass is 9.34. The standard InChI is InChI=1S/C24H28F3NO4.ClH/c1-3-9-28-10-8-22-17-13-4-5-14(29)18(17)32-19(22)23(31)7-6-21(22,16(28)11-13)12-15(23)20(2,30)24(25,26)27;/h3-5,15-16,19,29-31H,1,6-12H2,2H3;1H/t15-,16-,19-,20-,21-,22+,23-;/m1./s1. The predicted molar refractivity (Wildman–Crippen MR) is 117 cm³/mol. The summed E-state index contributed by atoms with van der Waals surface area (Å²) in [6.07, 6.45) is -2.02. The largest absolute Gasteiger partial charge is 0.504 e. The third-order valence-corrected chi connectivity index (χ3v) is 9.74. The van der Waals surface area contributed by atoms with Crippen LogP contribution in [0.2, 0.25) is 0 Å². The average Bonchev–Trinajstić information content (AvgIpc) is 3.08. The van der Waals surface area contributed by atoms with Gasteiger partial charge in [-0.15, -0.1) is 19.0 Å². The highest BCUT2D eigenvalue weighted by atomic mass is 35.5. The highest BCUT2D eigenvalue weighted by Gasteiger charge is 2.82. The fourth-order valence-electron chi connectivity index (χ4n) is 8.47. The van der Waals surface area contributed by atoms with E-state index in [9.17, 15) is 28.5 Å². The van der Waals surface area contributed by atoms with Gasteiger partial charge < -0.3 is 20.1 Å². The molecule has 0 aromatic heterocycles. The number of piperidine rings is 1. The highest BCUT2D eigenvalue weighted by molar-refractivity contribution is 5.85. The van der Waals surface area contributed by atoms with Gasteiger partial charge in [0.2, 0.25) is 0 Å². The van der Waals surface area contributed by atoms with Crippen molar-refractivity contribution >= 4 is 12.4 Å². The fraction of sp³-hybridized carbons (Fsp3) is 0.667. The lowest BCUT2D eigenvalue weighted by Gasteiger charge is -2.74. The molecule has 4 bridgehead atoms. The number of fused-ring (bicyclic) bond motifs is 2. The van der Waals surface area contributed by atoms with Crippen LogP contribution in [0.3, 0.4) is 0 Å². The van der Waals surface area contributed by atoms with Gasteiger partial charge in [-0.25, -0.2) is 0 Å². The monoisotopic (exact) mass is 487 g/mol. The smallest absolute Gasteiger partial charge is 0.417 e. The van der Waals surface area contributed by atoms with Gasteiger partial charge in [-0.05, 0) is 57.2 Å². The molecule has 4 fully saturated rings. The number of rotatable bonds is 3. The zero-order valence-electron chi connectivity index (χ0n) is 18.4. The molecule has 2 spiro atoms. The number of likely N-dealkylation sites (tertiary alicyclic amines) is 1. The van der Waals surface area contributed by atoms with E-state index in [1.165, 1.54) is 0 Å². The van der Waals surface area contributed by atoms with Crippen molar-refractivity contribution in [3.8, 4) is 11.5 Å². The molecule has 33 heavy (non-hydrogen) atoms. The Labute approximate surface area is 196 Å². The number of phenolic OH excluding ortho intramolecular Hbond substituents is 1. The van der Waals surface area contributed by atoms with Gasteiger partial charge in [0.05, 0.1) is 0 Å². The molecule has 1 aromatic rings. The van der Waals surface area contributed by atoms with Crippen LogP contribution < -0.4 is 4.74 Å². The minimum atomic E-state index is -4.89. The van der Waals surface area contributed by atoms with E-state index in [4.69, 9.17) is 4.74 Å². The second-order valence-corrected chi connectivity index (χ2v) is 10.7. The molecule has 2 aliphatic heterocycles. The molecule has 0 unspecified atom stereocenters. The van der Waals surface area contributed by atoms with Gasteiger partial charge in [-0.1, -0.05) is 12.1 Å². The summed E-state index contributed by atoms with van der Waals surface area (Å²) in [6, 6.07) is 3.40. The number of halogens is 4. The first-order valence-corrected chi connectivity index (χ1v) is 11.3. The van der Waals surface area contributed by atoms with Crippen molar-refractivity contribution < 1.29 is 33.2 Å². The number of aromatic hydroxyl groups is 1. The van der Waals surface area contributed by atoms with Gasteiger partial charge in [-0.3, -0.25) is 4.90 Å². The van der Waals surface area contributed by atoms with Gasteiger partial charge in [0.15, 0.2) is 17.1 Å². The molecule has 6 aliphatic rings. The number of nitrogens with zero attached hydrogens (tertiary/aromatic N) is 1. The number of phenols is 1. The van der Waals surface area contributed by atoms with Crippen LogP contribution in [-0.2, 0) is 11.8 Å². The van der Waals surface area contributed by atoms with E-state index in [1.807, 2.05) is 12.1 Å². The van der Waals surface area contributed by atoms with E-state index in [-0.39, 0.29) is 37.0 Å². The third kappa shape index (κ3) is 2.36. The Bertz CT molecular complexity index is 1030. The molecule has 0 amide bonds. The number of ether oxygens (including phenoxy) is 1. The van der Waals surface area contributed by atoms with Crippen molar-refractivity contribution in [2.45, 2.75) is 74.0 Å². The summed E-state index contributed by atoms with van der Waals surface area (Å²) in [5, 5.41) is 33.3. The number of alkyl halides is 3. The Kier molecular flexibility index (Phi) is 4.65. The highest BCUT2D eigenvalue weighted by Crippen LogP contribution is 2.77. The van der Waals surface area contributed by atoms with Crippen LogP contribution in [0.5, 0.6) is 11.5 Å². The van der Waals surface area contributed by atoms with Crippen LogP contribution in [0.15, 0.2) is 24.8 Å². The molecule has 9 heteroatoms. The molecule has 3 saturated carbocycles. The first kappa shape index (κ1) is 23.3. The van der Waals surface area contributed by atoms with Crippen LogP contribution >= 0.6 is 12.4 Å². The lowest BCUT2D eigenvalue weighted by Crippen LogP contribution is -2.83. The quantitative estimate of drug-likeness (QED) is 0.569. The third-order valence-electron chi connectivity index (χ3n) is 9.74. The molecule has 4 aliphatic carbocycles. The Morgan fingerprint density at radius 3 is 2.67 bits per heavy atom. The van der Waals surface area contributed by atoms with Crippen molar-refractivity contribution in [3.63, 3.8) is 0 Å². The topological polar surface area (TPSA) is 73.2 Å². The summed E-state index contributed by atoms with van der Waals surface area (Å²) in [6.45, 7) is 5.99. The molecule has 3 N–H and O–H groups in total. The molecule has 7 atom stereocenters. The molecular formula is C24H29ClF3NO4. The fourth-order valence-corrected chi connectivity index (χ4v) is 8.47. The summed E-state index contributed by atoms with van der Waals surface area (Å²) < 4.78 is 48.4. The minimum Gasteiger partial charge on any atom is -0.504 e. The van der Waals surface area contributed by atoms with Crippen LogP contribution in [-0.4, -0.2) is 62.8 Å². The summed E-state index contributed by atoms with van der Waals surface area (Å²) in [7, 11) is 0. The zero-order valence-corrected chi connectivity index (χ0v) is 19.2. The maximum atomic E-state index is 14.0. The van der Waals surface area contributed by atoms with Crippen molar-refractivity contribution in [2.24, 2.45) is 11.3 Å². The van der Waals surface area contributed by atoms with Crippen LogP contribution in [0.1, 0.15) is 43.7 Å². The molecule has 1 saturated heterocycles. The second-order valence-electron chi connectivity index (χ2n) is 10.7. The average molecular weight is 488 g/mol. The van der Waals surface area contributed by atoms with Crippen LogP contribution in [0, 0.1) is 11.3 Å². The van der Waals surface area contributed by atoms with Gasteiger partial charge in [0.25, 0.3) is 0 Å². The molecule has 7 rings (SSSR count). The zero-order chi connectivity index (χ0) is 22.9. The Morgan fingerprint density at radius 2 is 2.00 bits per heavy atom. The lowest BCUT2D eigenvalue weighted by molar-refractivity contribution is -0.344. The van der Waals surface area contributed by atoms with E-state index in [2.05, 4.69) is 11.5 Å². The van der Waals surface area contributed by atoms with E-state index in [0.29, 0.717) is 38.1 Å².